The van der Waals surface area contributed by atoms with Gasteiger partial charge in [0.2, 0.25) is 0 Å². The molecule has 7 heteroatoms. The van der Waals surface area contributed by atoms with Crippen molar-refractivity contribution in [2.75, 3.05) is 7.11 Å². The van der Waals surface area contributed by atoms with Crippen LogP contribution in [-0.2, 0) is 6.42 Å². The molecule has 0 bridgehead atoms. The Hall–Kier alpha value is -2.41. The van der Waals surface area contributed by atoms with Crippen LogP contribution in [0.5, 0.6) is 5.75 Å². The van der Waals surface area contributed by atoms with Gasteiger partial charge in [0.15, 0.2) is 0 Å². The Kier molecular flexibility index (Phi) is 5.33. The lowest BCUT2D eigenvalue weighted by Gasteiger charge is -2.13. The Bertz CT molecular complexity index is 727. The average molecular weight is 334 g/mol. The van der Waals surface area contributed by atoms with Crippen molar-refractivity contribution >= 4 is 22.9 Å². The Morgan fingerprint density at radius 2 is 2.13 bits per heavy atom. The molecule has 0 saturated heterocycles. The first-order chi connectivity index (χ1) is 10.9. The first kappa shape index (κ1) is 17.0. The number of nitrogens with one attached hydrogen (secondary N) is 1. The molecule has 1 atom stereocenters. The summed E-state index contributed by atoms with van der Waals surface area (Å²) in [5, 5.41) is 13.9. The molecule has 0 radical (unpaired) electrons. The van der Waals surface area contributed by atoms with Crippen LogP contribution in [0.1, 0.15) is 27.0 Å². The molecule has 23 heavy (non-hydrogen) atoms. The summed E-state index contributed by atoms with van der Waals surface area (Å²) in [7, 11) is 1.45. The standard InChI is InChI=1S/C16H18N2O4S/c1-10(8-13-6-4-11(2)23-13)17-16(19)14-9-12(22-3)5-7-15(14)18(20)21/h4-7,9-10H,8H2,1-3H3,(H,17,19)/t10-/m1/s1. The zero-order chi connectivity index (χ0) is 17.0. The summed E-state index contributed by atoms with van der Waals surface area (Å²) in [6, 6.07) is 8.05. The van der Waals surface area contributed by atoms with Crippen molar-refractivity contribution in [2.24, 2.45) is 0 Å². The zero-order valence-electron chi connectivity index (χ0n) is 13.2. The molecule has 0 spiro atoms. The Morgan fingerprint density at radius 1 is 1.39 bits per heavy atom. The maximum Gasteiger partial charge on any atom is 0.282 e. The minimum atomic E-state index is -0.568. The van der Waals surface area contributed by atoms with Gasteiger partial charge in [0.05, 0.1) is 12.0 Å². The number of aryl methyl sites for hydroxylation is 1. The van der Waals surface area contributed by atoms with Crippen molar-refractivity contribution in [3.8, 4) is 5.75 Å². The molecule has 2 aromatic rings. The highest BCUT2D eigenvalue weighted by Gasteiger charge is 2.22. The van der Waals surface area contributed by atoms with Crippen LogP contribution in [0.25, 0.3) is 0 Å². The van der Waals surface area contributed by atoms with E-state index >= 15 is 0 Å². The summed E-state index contributed by atoms with van der Waals surface area (Å²) in [6.45, 7) is 3.90. The van der Waals surface area contributed by atoms with Gasteiger partial charge in [-0.25, -0.2) is 0 Å². The van der Waals surface area contributed by atoms with E-state index in [2.05, 4.69) is 5.32 Å². The maximum absolute atomic E-state index is 12.4. The highest BCUT2D eigenvalue weighted by molar-refractivity contribution is 7.11. The van der Waals surface area contributed by atoms with Crippen LogP contribution >= 0.6 is 11.3 Å². The summed E-state index contributed by atoms with van der Waals surface area (Å²) in [5.41, 5.74) is -0.231. The van der Waals surface area contributed by atoms with Gasteiger partial charge < -0.3 is 10.1 Å². The van der Waals surface area contributed by atoms with Gasteiger partial charge >= 0.3 is 0 Å². The summed E-state index contributed by atoms with van der Waals surface area (Å²) < 4.78 is 5.04. The Labute approximate surface area is 138 Å². The summed E-state index contributed by atoms with van der Waals surface area (Å²) >= 11 is 1.67. The van der Waals surface area contributed by atoms with E-state index in [1.54, 1.807) is 11.3 Å². The van der Waals surface area contributed by atoms with E-state index < -0.39 is 10.8 Å². The predicted octanol–water partition coefficient (Wildman–Crippen LogP) is 3.33. The van der Waals surface area contributed by atoms with Gasteiger partial charge in [-0.15, -0.1) is 11.3 Å². The van der Waals surface area contributed by atoms with E-state index in [1.807, 2.05) is 26.0 Å². The molecule has 0 aliphatic rings. The second-order valence-electron chi connectivity index (χ2n) is 5.23. The lowest BCUT2D eigenvalue weighted by molar-refractivity contribution is -0.385. The molecule has 1 amide bonds. The molecule has 0 aliphatic carbocycles. The third-order valence-electron chi connectivity index (χ3n) is 3.33. The minimum Gasteiger partial charge on any atom is -0.497 e. The highest BCUT2D eigenvalue weighted by Crippen LogP contribution is 2.24. The lowest BCUT2D eigenvalue weighted by atomic mass is 10.1. The lowest BCUT2D eigenvalue weighted by Crippen LogP contribution is -2.34. The van der Waals surface area contributed by atoms with Crippen molar-refractivity contribution in [2.45, 2.75) is 26.3 Å². The topological polar surface area (TPSA) is 81.5 Å². The number of benzene rings is 1. The number of hydrogen-bond acceptors (Lipinski definition) is 5. The van der Waals surface area contributed by atoms with E-state index in [9.17, 15) is 14.9 Å². The fourth-order valence-electron chi connectivity index (χ4n) is 2.23. The highest BCUT2D eigenvalue weighted by atomic mass is 32.1. The predicted molar refractivity (Wildman–Crippen MR) is 89.3 cm³/mol. The summed E-state index contributed by atoms with van der Waals surface area (Å²) in [4.78, 5) is 25.3. The van der Waals surface area contributed by atoms with Crippen molar-refractivity contribution in [3.05, 3.63) is 55.8 Å². The van der Waals surface area contributed by atoms with Crippen LogP contribution in [-0.4, -0.2) is 24.0 Å². The SMILES string of the molecule is COc1ccc([N+](=O)[O-])c(C(=O)N[C@H](C)Cc2ccc(C)s2)c1. The number of hydrogen-bond donors (Lipinski definition) is 1. The largest absolute Gasteiger partial charge is 0.497 e. The van der Waals surface area contributed by atoms with Crippen molar-refractivity contribution in [3.63, 3.8) is 0 Å². The normalized spacial score (nSPS) is 11.8. The Morgan fingerprint density at radius 3 is 2.70 bits per heavy atom. The van der Waals surface area contributed by atoms with Crippen LogP contribution in [0.3, 0.4) is 0 Å². The molecular formula is C16H18N2O4S. The minimum absolute atomic E-state index is 0.00330. The first-order valence-corrected chi connectivity index (χ1v) is 7.91. The van der Waals surface area contributed by atoms with Crippen molar-refractivity contribution in [1.82, 2.24) is 5.32 Å². The molecule has 0 aliphatic heterocycles. The van der Waals surface area contributed by atoms with Crippen LogP contribution in [0.15, 0.2) is 30.3 Å². The maximum atomic E-state index is 12.4. The third kappa shape index (κ3) is 4.29. The van der Waals surface area contributed by atoms with E-state index in [1.165, 1.54) is 30.2 Å². The van der Waals surface area contributed by atoms with Crippen LogP contribution < -0.4 is 10.1 Å². The molecule has 6 nitrogen and oxygen atoms in total. The smallest absolute Gasteiger partial charge is 0.282 e. The second kappa shape index (κ2) is 7.23. The Balaban J connectivity index is 2.14. The number of carbonyl (C=O) groups excluding carboxylic acids is 1. The first-order valence-electron chi connectivity index (χ1n) is 7.09. The number of carbonyl (C=O) groups is 1. The number of thiophene rings is 1. The van der Waals surface area contributed by atoms with Gasteiger partial charge in [-0.05, 0) is 38.1 Å². The molecular weight excluding hydrogens is 316 g/mol. The number of rotatable bonds is 6. The number of nitro groups is 1. The molecule has 1 heterocycles. The van der Waals surface area contributed by atoms with Gasteiger partial charge in [0.1, 0.15) is 11.3 Å². The fourth-order valence-corrected chi connectivity index (χ4v) is 3.25. The molecule has 1 aromatic heterocycles. The van der Waals surface area contributed by atoms with E-state index in [0.29, 0.717) is 12.2 Å². The molecule has 0 saturated carbocycles. The average Bonchev–Trinajstić information content (AvgIpc) is 2.91. The number of methoxy groups -OCH3 is 1. The molecule has 0 unspecified atom stereocenters. The number of ether oxygens (including phenoxy) is 1. The van der Waals surface area contributed by atoms with Gasteiger partial charge in [0.25, 0.3) is 11.6 Å². The van der Waals surface area contributed by atoms with E-state index in [4.69, 9.17) is 4.74 Å². The van der Waals surface area contributed by atoms with Gasteiger partial charge in [0, 0.05) is 28.3 Å². The van der Waals surface area contributed by atoms with Gasteiger partial charge in [-0.1, -0.05) is 0 Å². The third-order valence-corrected chi connectivity index (χ3v) is 4.35. The van der Waals surface area contributed by atoms with E-state index in [-0.39, 0.29) is 17.3 Å². The van der Waals surface area contributed by atoms with Gasteiger partial charge in [-0.3, -0.25) is 14.9 Å². The van der Waals surface area contributed by atoms with Gasteiger partial charge in [-0.2, -0.15) is 0 Å². The van der Waals surface area contributed by atoms with Crippen molar-refractivity contribution in [1.29, 1.82) is 0 Å². The summed E-state index contributed by atoms with van der Waals surface area (Å²) in [6.07, 6.45) is 0.683. The fraction of sp³-hybridized carbons (Fsp3) is 0.312. The van der Waals surface area contributed by atoms with Crippen molar-refractivity contribution < 1.29 is 14.5 Å². The monoisotopic (exact) mass is 334 g/mol. The number of nitro benzene ring substituents is 1. The molecule has 1 N–H and O–H groups in total. The zero-order valence-corrected chi connectivity index (χ0v) is 14.0. The molecule has 1 aromatic carbocycles. The van der Waals surface area contributed by atoms with Crippen LogP contribution in [0.2, 0.25) is 0 Å². The molecule has 122 valence electrons. The second-order valence-corrected chi connectivity index (χ2v) is 6.60. The van der Waals surface area contributed by atoms with Crippen LogP contribution in [0.4, 0.5) is 5.69 Å². The number of amides is 1. The van der Waals surface area contributed by atoms with E-state index in [0.717, 1.165) is 4.88 Å². The molecule has 0 fully saturated rings. The summed E-state index contributed by atoms with van der Waals surface area (Å²) in [5.74, 6) is -0.0707. The number of nitrogens with zero attached hydrogens (tertiary/aromatic N) is 1. The quantitative estimate of drug-likeness (QED) is 0.649. The van der Waals surface area contributed by atoms with Crippen LogP contribution in [0, 0.1) is 17.0 Å². The molecule has 2 rings (SSSR count).